The molecule has 8 heteroatoms. The van der Waals surface area contributed by atoms with Gasteiger partial charge in [0.1, 0.15) is 5.76 Å². The van der Waals surface area contributed by atoms with Crippen LogP contribution in [0.1, 0.15) is 37.9 Å². The molecule has 2 N–H and O–H groups in total. The molecule has 2 rings (SSSR count). The molecule has 0 aromatic carbocycles. The molecule has 1 saturated carbocycles. The maximum Gasteiger partial charge on any atom is 0.331 e. The van der Waals surface area contributed by atoms with Crippen molar-refractivity contribution in [2.24, 2.45) is 0 Å². The second kappa shape index (κ2) is 9.45. The summed E-state index contributed by atoms with van der Waals surface area (Å²) in [7, 11) is 0. The second-order valence-corrected chi connectivity index (χ2v) is 6.50. The molecule has 7 nitrogen and oxygen atoms in total. The predicted molar refractivity (Wildman–Crippen MR) is 95.0 cm³/mol. The van der Waals surface area contributed by atoms with E-state index < -0.39 is 24.5 Å². The van der Waals surface area contributed by atoms with Gasteiger partial charge in [-0.25, -0.2) is 9.59 Å². The Bertz CT molecular complexity index is 620. The minimum absolute atomic E-state index is 0.105. The van der Waals surface area contributed by atoms with E-state index in [1.54, 1.807) is 12.1 Å². The fraction of sp³-hybridized carbons (Fsp3) is 0.438. The van der Waals surface area contributed by atoms with Gasteiger partial charge < -0.3 is 14.5 Å². The molecule has 0 atom stereocenters. The van der Waals surface area contributed by atoms with E-state index in [1.165, 1.54) is 12.5 Å². The Morgan fingerprint density at radius 3 is 2.67 bits per heavy atom. The largest absolute Gasteiger partial charge is 0.452 e. The number of rotatable bonds is 5. The van der Waals surface area contributed by atoms with Crippen LogP contribution in [0.2, 0.25) is 0 Å². The highest BCUT2D eigenvalue weighted by Crippen LogP contribution is 2.17. The third-order valence-corrected chi connectivity index (χ3v) is 4.10. The number of urea groups is 1. The smallest absolute Gasteiger partial charge is 0.331 e. The van der Waals surface area contributed by atoms with Crippen LogP contribution in [0.4, 0.5) is 4.79 Å². The molecule has 0 spiro atoms. The summed E-state index contributed by atoms with van der Waals surface area (Å²) in [5, 5.41) is 4.90. The quantitative estimate of drug-likeness (QED) is 0.412. The van der Waals surface area contributed by atoms with E-state index in [9.17, 15) is 14.4 Å². The molecule has 1 aliphatic rings. The van der Waals surface area contributed by atoms with Crippen LogP contribution in [-0.2, 0) is 14.3 Å². The van der Waals surface area contributed by atoms with Gasteiger partial charge in [-0.1, -0.05) is 19.3 Å². The summed E-state index contributed by atoms with van der Waals surface area (Å²) in [4.78, 5) is 34.8. The first-order chi connectivity index (χ1) is 11.5. The molecule has 1 aromatic rings. The fourth-order valence-corrected chi connectivity index (χ4v) is 2.82. The monoisotopic (exact) mass is 446 g/mol. The van der Waals surface area contributed by atoms with Crippen molar-refractivity contribution in [2.45, 2.75) is 38.1 Å². The van der Waals surface area contributed by atoms with Gasteiger partial charge in [-0.15, -0.1) is 0 Å². The number of hydrogen-bond donors (Lipinski definition) is 2. The summed E-state index contributed by atoms with van der Waals surface area (Å²) in [6, 6.07) is 3.01. The van der Waals surface area contributed by atoms with Gasteiger partial charge in [0.25, 0.3) is 5.91 Å². The topological polar surface area (TPSA) is 97.6 Å². The van der Waals surface area contributed by atoms with Crippen LogP contribution in [0.25, 0.3) is 6.08 Å². The molecular formula is C16H19IN2O5. The van der Waals surface area contributed by atoms with Crippen LogP contribution < -0.4 is 10.6 Å². The number of nitrogens with one attached hydrogen (secondary N) is 2. The van der Waals surface area contributed by atoms with Crippen molar-refractivity contribution in [3.05, 3.63) is 27.7 Å². The zero-order valence-electron chi connectivity index (χ0n) is 13.0. The minimum atomic E-state index is -0.691. The summed E-state index contributed by atoms with van der Waals surface area (Å²) in [6.07, 6.45) is 7.79. The molecule has 1 fully saturated rings. The standard InChI is InChI=1S/C16H19IN2O5/c17-13-8-6-12(24-13)7-9-15(21)23-10-14(20)19-16(22)18-11-4-2-1-3-5-11/h6-9,11H,1-5,10H2,(H2,18,19,20,22)/b9-7+. The van der Waals surface area contributed by atoms with Gasteiger partial charge in [0.15, 0.2) is 10.4 Å². The van der Waals surface area contributed by atoms with E-state index in [0.717, 1.165) is 31.8 Å². The lowest BCUT2D eigenvalue weighted by Gasteiger charge is -2.22. The zero-order chi connectivity index (χ0) is 17.4. The molecule has 0 unspecified atom stereocenters. The molecule has 0 aliphatic heterocycles. The van der Waals surface area contributed by atoms with Crippen molar-refractivity contribution in [1.82, 2.24) is 10.6 Å². The number of amides is 3. The van der Waals surface area contributed by atoms with Crippen molar-refractivity contribution >= 4 is 46.6 Å². The highest BCUT2D eigenvalue weighted by Gasteiger charge is 2.17. The van der Waals surface area contributed by atoms with Gasteiger partial charge in [0.2, 0.25) is 0 Å². The van der Waals surface area contributed by atoms with Gasteiger partial charge in [-0.2, -0.15) is 0 Å². The van der Waals surface area contributed by atoms with Crippen LogP contribution in [0, 0.1) is 3.77 Å². The van der Waals surface area contributed by atoms with Crippen molar-refractivity contribution in [3.8, 4) is 0 Å². The lowest BCUT2D eigenvalue weighted by molar-refractivity contribution is -0.143. The van der Waals surface area contributed by atoms with Crippen molar-refractivity contribution < 1.29 is 23.5 Å². The first-order valence-corrected chi connectivity index (χ1v) is 8.81. The van der Waals surface area contributed by atoms with Crippen LogP contribution in [-0.4, -0.2) is 30.6 Å². The summed E-state index contributed by atoms with van der Waals surface area (Å²) in [5.41, 5.74) is 0. The van der Waals surface area contributed by atoms with Gasteiger partial charge in [0.05, 0.1) is 0 Å². The lowest BCUT2D eigenvalue weighted by atomic mass is 9.96. The van der Waals surface area contributed by atoms with E-state index in [2.05, 4.69) is 10.6 Å². The molecule has 1 heterocycles. The zero-order valence-corrected chi connectivity index (χ0v) is 15.2. The molecule has 0 bridgehead atoms. The molecule has 1 aromatic heterocycles. The first kappa shape index (κ1) is 18.5. The number of esters is 1. The Labute approximate surface area is 153 Å². The van der Waals surface area contributed by atoms with E-state index in [4.69, 9.17) is 9.15 Å². The first-order valence-electron chi connectivity index (χ1n) is 7.73. The highest BCUT2D eigenvalue weighted by atomic mass is 127. The number of ether oxygens (including phenoxy) is 1. The molecule has 3 amide bonds. The van der Waals surface area contributed by atoms with Crippen LogP contribution in [0.15, 0.2) is 22.6 Å². The van der Waals surface area contributed by atoms with Crippen molar-refractivity contribution in [3.63, 3.8) is 0 Å². The summed E-state index contributed by atoms with van der Waals surface area (Å²) < 4.78 is 10.7. The summed E-state index contributed by atoms with van der Waals surface area (Å²) in [6.45, 7) is -0.517. The summed E-state index contributed by atoms with van der Waals surface area (Å²) in [5.74, 6) is -0.852. The average molecular weight is 446 g/mol. The van der Waals surface area contributed by atoms with Gasteiger partial charge >= 0.3 is 12.0 Å². The number of carbonyl (C=O) groups is 3. The third-order valence-electron chi connectivity index (χ3n) is 3.52. The van der Waals surface area contributed by atoms with Crippen molar-refractivity contribution in [1.29, 1.82) is 0 Å². The molecule has 0 radical (unpaired) electrons. The Morgan fingerprint density at radius 1 is 1.25 bits per heavy atom. The maximum absolute atomic E-state index is 11.7. The highest BCUT2D eigenvalue weighted by molar-refractivity contribution is 14.1. The second-order valence-electron chi connectivity index (χ2n) is 5.44. The Balaban J connectivity index is 1.65. The number of imide groups is 1. The molecule has 0 saturated heterocycles. The Morgan fingerprint density at radius 2 is 2.00 bits per heavy atom. The van der Waals surface area contributed by atoms with Gasteiger partial charge in [-0.3, -0.25) is 10.1 Å². The Kier molecular flexibility index (Phi) is 7.29. The lowest BCUT2D eigenvalue weighted by Crippen LogP contribution is -2.46. The van der Waals surface area contributed by atoms with Crippen molar-refractivity contribution in [2.75, 3.05) is 6.61 Å². The molecule has 130 valence electrons. The maximum atomic E-state index is 11.7. The van der Waals surface area contributed by atoms with Gasteiger partial charge in [-0.05, 0) is 53.6 Å². The van der Waals surface area contributed by atoms with E-state index >= 15 is 0 Å². The van der Waals surface area contributed by atoms with E-state index in [-0.39, 0.29) is 6.04 Å². The number of hydrogen-bond acceptors (Lipinski definition) is 5. The number of furan rings is 1. The van der Waals surface area contributed by atoms with E-state index in [0.29, 0.717) is 9.53 Å². The normalized spacial score (nSPS) is 15.2. The van der Waals surface area contributed by atoms with Crippen LogP contribution in [0.5, 0.6) is 0 Å². The molecular weight excluding hydrogens is 427 g/mol. The van der Waals surface area contributed by atoms with Crippen LogP contribution >= 0.6 is 22.6 Å². The SMILES string of the molecule is O=C(COC(=O)/C=C/c1ccc(I)o1)NC(=O)NC1CCCCC1. The average Bonchev–Trinajstić information content (AvgIpc) is 2.97. The number of carbonyl (C=O) groups excluding carboxylic acids is 3. The predicted octanol–water partition coefficient (Wildman–Crippen LogP) is 2.60. The Hall–Kier alpha value is -1.84. The summed E-state index contributed by atoms with van der Waals surface area (Å²) >= 11 is 2.01. The van der Waals surface area contributed by atoms with Gasteiger partial charge in [0, 0.05) is 12.1 Å². The minimum Gasteiger partial charge on any atom is -0.452 e. The third kappa shape index (κ3) is 6.73. The van der Waals surface area contributed by atoms with Crippen LogP contribution in [0.3, 0.4) is 0 Å². The van der Waals surface area contributed by atoms with E-state index in [1.807, 2.05) is 22.6 Å². The molecule has 1 aliphatic carbocycles. The molecule has 24 heavy (non-hydrogen) atoms. The fourth-order valence-electron chi connectivity index (χ4n) is 2.38. The number of halogens is 1.